The van der Waals surface area contributed by atoms with Gasteiger partial charge >= 0.3 is 35.5 Å². The number of anilines is 2. The Labute approximate surface area is 121 Å². The number of methoxy groups -OCH3 is 1. The Bertz CT molecular complexity index is 415. The van der Waals surface area contributed by atoms with Crippen molar-refractivity contribution in [3.63, 3.8) is 0 Å². The molecule has 0 aliphatic heterocycles. The van der Waals surface area contributed by atoms with E-state index < -0.39 is 11.9 Å². The Kier molecular flexibility index (Phi) is 7.29. The molecule has 3 N–H and O–H groups in total. The van der Waals surface area contributed by atoms with Gasteiger partial charge in [-0.2, -0.15) is 0 Å². The van der Waals surface area contributed by atoms with Crippen molar-refractivity contribution in [2.75, 3.05) is 18.2 Å². The van der Waals surface area contributed by atoms with Crippen LogP contribution in [0.4, 0.5) is 11.4 Å². The van der Waals surface area contributed by atoms with E-state index in [1.165, 1.54) is 7.11 Å². The fourth-order valence-electron chi connectivity index (χ4n) is 0.962. The van der Waals surface area contributed by atoms with Gasteiger partial charge in [0.2, 0.25) is 5.91 Å². The van der Waals surface area contributed by atoms with Gasteiger partial charge in [-0.15, -0.1) is 0 Å². The van der Waals surface area contributed by atoms with Crippen LogP contribution in [0.15, 0.2) is 36.4 Å². The number of nitrogen functional groups attached to an aromatic ring is 1. The average Bonchev–Trinajstić information content (AvgIpc) is 2.29. The topological polar surface area (TPSA) is 81.4 Å². The van der Waals surface area contributed by atoms with Crippen molar-refractivity contribution < 1.29 is 14.3 Å². The summed E-state index contributed by atoms with van der Waals surface area (Å²) in [4.78, 5) is 22.0. The molecule has 1 aromatic rings. The van der Waals surface area contributed by atoms with E-state index in [2.05, 4.69) is 10.1 Å². The number of hydrogen-bond donors (Lipinski definition) is 2. The van der Waals surface area contributed by atoms with Crippen molar-refractivity contribution >= 4 is 52.8 Å². The third kappa shape index (κ3) is 6.11. The maximum absolute atomic E-state index is 11.3. The van der Waals surface area contributed by atoms with E-state index in [1.807, 2.05) is 0 Å². The first-order valence-electron chi connectivity index (χ1n) is 4.54. The van der Waals surface area contributed by atoms with Crippen molar-refractivity contribution in [2.24, 2.45) is 0 Å². The molecule has 0 aliphatic carbocycles. The molecule has 0 aromatic heterocycles. The number of nitrogens with two attached hydrogens (primary N) is 1. The first-order chi connectivity index (χ1) is 7.61. The molecule has 1 rings (SSSR count). The molecule has 1 amide bonds. The second-order valence-electron chi connectivity index (χ2n) is 2.97. The van der Waals surface area contributed by atoms with Crippen molar-refractivity contribution in [2.45, 2.75) is 0 Å². The van der Waals surface area contributed by atoms with E-state index in [9.17, 15) is 9.59 Å². The van der Waals surface area contributed by atoms with Crippen LogP contribution in [0.3, 0.4) is 0 Å². The quantitative estimate of drug-likeness (QED) is 0.346. The summed E-state index contributed by atoms with van der Waals surface area (Å²) in [5, 5.41) is 2.56. The molecule has 86 valence electrons. The first kappa shape index (κ1) is 15.7. The molecular formula is C11H13N2NaO3. The third-order valence-electron chi connectivity index (χ3n) is 1.75. The zero-order valence-corrected chi connectivity index (χ0v) is 8.77. The van der Waals surface area contributed by atoms with Gasteiger partial charge in [-0.25, -0.2) is 4.79 Å². The summed E-state index contributed by atoms with van der Waals surface area (Å²) in [6.07, 6.45) is 2.15. The van der Waals surface area contributed by atoms with Crippen LogP contribution in [0.25, 0.3) is 0 Å². The number of ether oxygens (including phenoxy) is 1. The van der Waals surface area contributed by atoms with Gasteiger partial charge in [0.25, 0.3) is 0 Å². The fourth-order valence-corrected chi connectivity index (χ4v) is 0.962. The standard InChI is InChI=1S/C11H12N2O3.Na.H/c1-16-11(15)7-6-10(14)13-9-4-2-8(12)3-5-9;;/h2-7H,12H2,1H3,(H,13,14);;. The molecule has 0 fully saturated rings. The first-order valence-corrected chi connectivity index (χ1v) is 4.54. The van der Waals surface area contributed by atoms with Crippen LogP contribution in [0, 0.1) is 0 Å². The summed E-state index contributed by atoms with van der Waals surface area (Å²) in [7, 11) is 1.24. The van der Waals surface area contributed by atoms with Crippen LogP contribution in [-0.2, 0) is 14.3 Å². The number of esters is 1. The summed E-state index contributed by atoms with van der Waals surface area (Å²) in [5.41, 5.74) is 6.71. The van der Waals surface area contributed by atoms with Crippen LogP contribution in [0.5, 0.6) is 0 Å². The Morgan fingerprint density at radius 3 is 2.35 bits per heavy atom. The summed E-state index contributed by atoms with van der Waals surface area (Å²) in [6, 6.07) is 6.66. The molecular weight excluding hydrogens is 231 g/mol. The Balaban J connectivity index is 0.00000256. The molecule has 17 heavy (non-hydrogen) atoms. The molecule has 0 spiro atoms. The van der Waals surface area contributed by atoms with Crippen LogP contribution in [-0.4, -0.2) is 48.5 Å². The van der Waals surface area contributed by atoms with E-state index in [-0.39, 0.29) is 29.6 Å². The molecule has 1 aromatic carbocycles. The molecule has 0 radical (unpaired) electrons. The Hall–Kier alpha value is -1.30. The van der Waals surface area contributed by atoms with E-state index >= 15 is 0 Å². The van der Waals surface area contributed by atoms with Gasteiger partial charge in [0.1, 0.15) is 0 Å². The third-order valence-corrected chi connectivity index (χ3v) is 1.75. The van der Waals surface area contributed by atoms with Crippen LogP contribution in [0.1, 0.15) is 0 Å². The zero-order chi connectivity index (χ0) is 12.0. The molecule has 0 unspecified atom stereocenters. The van der Waals surface area contributed by atoms with Crippen molar-refractivity contribution in [1.82, 2.24) is 0 Å². The Morgan fingerprint density at radius 2 is 1.82 bits per heavy atom. The maximum atomic E-state index is 11.3. The SMILES string of the molecule is COC(=O)C=CC(=O)Nc1ccc(N)cc1.[NaH]. The minimum absolute atomic E-state index is 0. The second-order valence-corrected chi connectivity index (χ2v) is 2.97. The molecule has 6 heteroatoms. The summed E-state index contributed by atoms with van der Waals surface area (Å²) in [5.74, 6) is -0.984. The van der Waals surface area contributed by atoms with Gasteiger partial charge in [0.15, 0.2) is 0 Å². The summed E-state index contributed by atoms with van der Waals surface area (Å²) < 4.78 is 4.34. The number of carbonyl (C=O) groups is 2. The van der Waals surface area contributed by atoms with Crippen LogP contribution < -0.4 is 11.1 Å². The molecule has 0 aliphatic rings. The predicted molar refractivity (Wildman–Crippen MR) is 67.8 cm³/mol. The summed E-state index contributed by atoms with van der Waals surface area (Å²) in [6.45, 7) is 0. The normalized spacial score (nSPS) is 9.47. The molecule has 0 bridgehead atoms. The van der Waals surface area contributed by atoms with Gasteiger partial charge < -0.3 is 15.8 Å². The van der Waals surface area contributed by atoms with Gasteiger partial charge in [-0.1, -0.05) is 0 Å². The number of hydrogen-bond acceptors (Lipinski definition) is 4. The molecule has 0 heterocycles. The number of benzene rings is 1. The van der Waals surface area contributed by atoms with Gasteiger partial charge in [-0.3, -0.25) is 4.79 Å². The number of amides is 1. The molecule has 0 atom stereocenters. The number of rotatable bonds is 3. The number of nitrogens with one attached hydrogen (secondary N) is 1. The van der Waals surface area contributed by atoms with E-state index in [0.29, 0.717) is 11.4 Å². The van der Waals surface area contributed by atoms with Crippen LogP contribution >= 0.6 is 0 Å². The van der Waals surface area contributed by atoms with E-state index in [4.69, 9.17) is 5.73 Å². The average molecular weight is 244 g/mol. The number of carbonyl (C=O) groups excluding carboxylic acids is 2. The second kappa shape index (κ2) is 7.89. The van der Waals surface area contributed by atoms with Gasteiger partial charge in [0, 0.05) is 23.5 Å². The van der Waals surface area contributed by atoms with E-state index in [0.717, 1.165) is 12.2 Å². The van der Waals surface area contributed by atoms with Crippen molar-refractivity contribution in [1.29, 1.82) is 0 Å². The van der Waals surface area contributed by atoms with E-state index in [1.54, 1.807) is 24.3 Å². The van der Waals surface area contributed by atoms with Crippen LogP contribution in [0.2, 0.25) is 0 Å². The van der Waals surface area contributed by atoms with Crippen molar-refractivity contribution in [3.8, 4) is 0 Å². The Morgan fingerprint density at radius 1 is 1.24 bits per heavy atom. The fraction of sp³-hybridized carbons (Fsp3) is 0.0909. The van der Waals surface area contributed by atoms with Crippen molar-refractivity contribution in [3.05, 3.63) is 36.4 Å². The monoisotopic (exact) mass is 244 g/mol. The predicted octanol–water partition coefficient (Wildman–Crippen LogP) is 0.288. The molecule has 0 saturated carbocycles. The molecule has 5 nitrogen and oxygen atoms in total. The summed E-state index contributed by atoms with van der Waals surface area (Å²) >= 11 is 0. The zero-order valence-electron chi connectivity index (χ0n) is 8.77. The van der Waals surface area contributed by atoms with Gasteiger partial charge in [0.05, 0.1) is 7.11 Å². The minimum atomic E-state index is -0.576. The van der Waals surface area contributed by atoms with Gasteiger partial charge in [-0.05, 0) is 24.3 Å². The molecule has 0 saturated heterocycles.